The van der Waals surface area contributed by atoms with Gasteiger partial charge in [-0.3, -0.25) is 19.8 Å². The van der Waals surface area contributed by atoms with Gasteiger partial charge < -0.3 is 18.9 Å². The van der Waals surface area contributed by atoms with Crippen molar-refractivity contribution in [3.05, 3.63) is 100 Å². The number of barbiturate groups is 1. The van der Waals surface area contributed by atoms with Crippen molar-refractivity contribution in [2.24, 2.45) is 0 Å². The third-order valence-electron chi connectivity index (χ3n) is 6.68. The van der Waals surface area contributed by atoms with Crippen LogP contribution in [0.15, 0.2) is 72.8 Å². The molecule has 4 amide bonds. The number of halogens is 1. The van der Waals surface area contributed by atoms with E-state index in [9.17, 15) is 14.4 Å². The minimum atomic E-state index is -0.810. The first-order chi connectivity index (χ1) is 21.3. The average molecular weight is 619 g/mol. The summed E-state index contributed by atoms with van der Waals surface area (Å²) in [5.41, 5.74) is 2.47. The number of hydrogen-bond donors (Lipinski definition) is 1. The van der Waals surface area contributed by atoms with Crippen LogP contribution in [0.25, 0.3) is 6.08 Å². The number of ether oxygens (including phenoxy) is 4. The maximum atomic E-state index is 13.5. The van der Waals surface area contributed by atoms with Crippen LogP contribution < -0.4 is 24.3 Å². The molecule has 1 N–H and O–H groups in total. The number of nitrogens with zero attached hydrogens (tertiary/aromatic N) is 1. The number of nitrogens with one attached hydrogen (secondary N) is 1. The minimum Gasteiger partial charge on any atom is -0.493 e. The number of hydrogen-bond acceptors (Lipinski definition) is 7. The van der Waals surface area contributed by atoms with Crippen molar-refractivity contribution in [3.63, 3.8) is 0 Å². The van der Waals surface area contributed by atoms with E-state index >= 15 is 0 Å². The summed E-state index contributed by atoms with van der Waals surface area (Å²) in [5.74, 6) is 0.444. The van der Waals surface area contributed by atoms with E-state index in [0.717, 1.165) is 22.4 Å². The number of amides is 4. The van der Waals surface area contributed by atoms with Crippen LogP contribution >= 0.6 is 11.6 Å². The molecular formula is C34H35ClN2O7. The molecule has 1 aliphatic rings. The molecule has 3 aromatic rings. The highest BCUT2D eigenvalue weighted by Gasteiger charge is 2.36. The van der Waals surface area contributed by atoms with Crippen LogP contribution in [0.1, 0.15) is 42.5 Å². The summed E-state index contributed by atoms with van der Waals surface area (Å²) in [5, 5.41) is 2.85. The molecule has 0 radical (unpaired) electrons. The number of carbonyl (C=O) groups excluding carboxylic acids is 3. The Morgan fingerprint density at radius 3 is 2.43 bits per heavy atom. The van der Waals surface area contributed by atoms with Crippen LogP contribution in [0.2, 0.25) is 5.02 Å². The smallest absolute Gasteiger partial charge is 0.331 e. The number of imide groups is 2. The third kappa shape index (κ3) is 7.60. The van der Waals surface area contributed by atoms with Gasteiger partial charge in [0.1, 0.15) is 12.2 Å². The Morgan fingerprint density at radius 1 is 0.932 bits per heavy atom. The molecule has 0 spiro atoms. The van der Waals surface area contributed by atoms with Crippen molar-refractivity contribution in [3.8, 4) is 23.0 Å². The van der Waals surface area contributed by atoms with Gasteiger partial charge in [-0.2, -0.15) is 0 Å². The number of rotatable bonds is 14. The molecule has 0 bridgehead atoms. The van der Waals surface area contributed by atoms with Crippen LogP contribution in [0.3, 0.4) is 0 Å². The molecule has 1 heterocycles. The fourth-order valence-corrected chi connectivity index (χ4v) is 4.78. The average Bonchev–Trinajstić information content (AvgIpc) is 3.01. The number of allylic oxidation sites excluding steroid dienone is 1. The number of benzene rings is 3. The van der Waals surface area contributed by atoms with Crippen molar-refractivity contribution >= 4 is 35.5 Å². The Morgan fingerprint density at radius 2 is 1.73 bits per heavy atom. The Balaban J connectivity index is 1.63. The van der Waals surface area contributed by atoms with Crippen LogP contribution in [0.4, 0.5) is 4.79 Å². The zero-order valence-electron chi connectivity index (χ0n) is 25.0. The highest BCUT2D eigenvalue weighted by Crippen LogP contribution is 2.36. The van der Waals surface area contributed by atoms with E-state index in [1.54, 1.807) is 42.5 Å². The normalized spacial score (nSPS) is 14.0. The van der Waals surface area contributed by atoms with Crippen LogP contribution in [-0.2, 0) is 29.2 Å². The van der Waals surface area contributed by atoms with Crippen molar-refractivity contribution < 1.29 is 33.3 Å². The molecule has 10 heteroatoms. The van der Waals surface area contributed by atoms with Crippen LogP contribution in [0.5, 0.6) is 23.0 Å². The second kappa shape index (κ2) is 15.1. The second-order valence-electron chi connectivity index (χ2n) is 9.86. The summed E-state index contributed by atoms with van der Waals surface area (Å²) in [6, 6.07) is 15.2. The van der Waals surface area contributed by atoms with E-state index in [1.807, 2.05) is 32.0 Å². The summed E-state index contributed by atoms with van der Waals surface area (Å²) < 4.78 is 23.2. The molecule has 0 unspecified atom stereocenters. The van der Waals surface area contributed by atoms with Gasteiger partial charge >= 0.3 is 6.03 Å². The second-order valence-corrected chi connectivity index (χ2v) is 10.3. The lowest BCUT2D eigenvalue weighted by Gasteiger charge is -2.27. The first-order valence-electron chi connectivity index (χ1n) is 14.2. The lowest BCUT2D eigenvalue weighted by molar-refractivity contribution is -0.130. The Kier molecular flexibility index (Phi) is 11.0. The molecular weight excluding hydrogens is 584 g/mol. The van der Waals surface area contributed by atoms with Gasteiger partial charge in [0.25, 0.3) is 11.8 Å². The molecule has 4 rings (SSSR count). The van der Waals surface area contributed by atoms with Crippen LogP contribution in [-0.4, -0.2) is 43.1 Å². The minimum absolute atomic E-state index is 0.0801. The molecule has 1 saturated heterocycles. The van der Waals surface area contributed by atoms with Crippen molar-refractivity contribution in [2.45, 2.75) is 39.8 Å². The highest BCUT2D eigenvalue weighted by molar-refractivity contribution is 6.31. The Bertz CT molecular complexity index is 1580. The Hall–Kier alpha value is -4.76. The topological polar surface area (TPSA) is 103 Å². The van der Waals surface area contributed by atoms with Gasteiger partial charge in [0, 0.05) is 16.1 Å². The summed E-state index contributed by atoms with van der Waals surface area (Å²) in [4.78, 5) is 40.1. The first kappa shape index (κ1) is 32.2. The van der Waals surface area contributed by atoms with Gasteiger partial charge in [0.2, 0.25) is 0 Å². The molecule has 1 aliphatic heterocycles. The van der Waals surface area contributed by atoms with E-state index in [1.165, 1.54) is 13.2 Å². The summed E-state index contributed by atoms with van der Waals surface area (Å²) in [6.45, 7) is 8.76. The maximum absolute atomic E-state index is 13.5. The standard InChI is InChI=1S/C34H35ClN2O7/c1-5-10-24-16-23(19-30(41-4)31(24)44-21-25-11-8-9-12-27(25)35)17-26-32(38)36-34(40)37(33(26)39)20-22-13-14-28(43-15-6-2)29(18-22)42-7-3/h5,8-9,11-14,16-19H,1,6-7,10,15,20-21H2,2-4H3,(H,36,38,40)/b26-17+. The van der Waals surface area contributed by atoms with Gasteiger partial charge in [0.05, 0.1) is 26.9 Å². The molecule has 3 aromatic carbocycles. The van der Waals surface area contributed by atoms with Gasteiger partial charge in [-0.05, 0) is 67.3 Å². The van der Waals surface area contributed by atoms with E-state index in [0.29, 0.717) is 58.8 Å². The van der Waals surface area contributed by atoms with E-state index in [2.05, 4.69) is 11.9 Å². The fourth-order valence-electron chi connectivity index (χ4n) is 4.59. The molecule has 1 fully saturated rings. The van der Waals surface area contributed by atoms with Crippen molar-refractivity contribution in [2.75, 3.05) is 20.3 Å². The molecule has 0 saturated carbocycles. The highest BCUT2D eigenvalue weighted by atomic mass is 35.5. The predicted octanol–water partition coefficient (Wildman–Crippen LogP) is 6.51. The van der Waals surface area contributed by atoms with Crippen LogP contribution in [0, 0.1) is 0 Å². The van der Waals surface area contributed by atoms with E-state index < -0.39 is 17.8 Å². The predicted molar refractivity (Wildman–Crippen MR) is 168 cm³/mol. The summed E-state index contributed by atoms with van der Waals surface area (Å²) in [6.07, 6.45) is 4.40. The van der Waals surface area contributed by atoms with Gasteiger partial charge in [-0.25, -0.2) is 4.79 Å². The van der Waals surface area contributed by atoms with Crippen molar-refractivity contribution in [1.82, 2.24) is 10.2 Å². The van der Waals surface area contributed by atoms with Gasteiger partial charge in [0.15, 0.2) is 23.0 Å². The fraction of sp³-hybridized carbons (Fsp3) is 0.265. The van der Waals surface area contributed by atoms with Gasteiger partial charge in [-0.1, -0.05) is 48.9 Å². The first-order valence-corrected chi connectivity index (χ1v) is 14.6. The van der Waals surface area contributed by atoms with Crippen molar-refractivity contribution in [1.29, 1.82) is 0 Å². The number of methoxy groups -OCH3 is 1. The molecule has 9 nitrogen and oxygen atoms in total. The molecule has 0 atom stereocenters. The largest absolute Gasteiger partial charge is 0.493 e. The zero-order chi connectivity index (χ0) is 31.6. The molecule has 0 aromatic heterocycles. The summed E-state index contributed by atoms with van der Waals surface area (Å²) in [7, 11) is 1.50. The third-order valence-corrected chi connectivity index (χ3v) is 7.04. The molecule has 44 heavy (non-hydrogen) atoms. The van der Waals surface area contributed by atoms with Gasteiger partial charge in [-0.15, -0.1) is 6.58 Å². The number of urea groups is 1. The van der Waals surface area contributed by atoms with E-state index in [4.69, 9.17) is 30.5 Å². The maximum Gasteiger partial charge on any atom is 0.331 e. The lowest BCUT2D eigenvalue weighted by atomic mass is 10.0. The number of carbonyl (C=O) groups is 3. The Labute approximate surface area is 262 Å². The SMILES string of the molecule is C=CCc1cc(/C=C2\C(=O)NC(=O)N(Cc3ccc(OCCC)c(OCC)c3)C2=O)cc(OC)c1OCc1ccccc1Cl. The van der Waals surface area contributed by atoms with E-state index in [-0.39, 0.29) is 18.7 Å². The monoisotopic (exact) mass is 618 g/mol. The summed E-state index contributed by atoms with van der Waals surface area (Å²) >= 11 is 6.30. The quantitative estimate of drug-likeness (QED) is 0.125. The zero-order valence-corrected chi connectivity index (χ0v) is 25.7. The lowest BCUT2D eigenvalue weighted by Crippen LogP contribution is -2.53. The molecule has 0 aliphatic carbocycles. The molecule has 230 valence electrons.